The SMILES string of the molecule is CCN(CC)C(=O)c1ccc(NC(=O)CN(C)Cc2ccc3c(c2)OCO3)cc1. The summed E-state index contributed by atoms with van der Waals surface area (Å²) in [5, 5.41) is 2.87. The normalized spacial score (nSPS) is 12.1. The highest BCUT2D eigenvalue weighted by Crippen LogP contribution is 2.32. The van der Waals surface area contributed by atoms with Gasteiger partial charge in [0.25, 0.3) is 5.91 Å². The van der Waals surface area contributed by atoms with Gasteiger partial charge in [-0.2, -0.15) is 0 Å². The van der Waals surface area contributed by atoms with Gasteiger partial charge in [-0.25, -0.2) is 0 Å². The van der Waals surface area contributed by atoms with Crippen LogP contribution < -0.4 is 14.8 Å². The molecule has 0 saturated carbocycles. The first-order valence-electron chi connectivity index (χ1n) is 9.76. The fourth-order valence-electron chi connectivity index (χ4n) is 3.24. The predicted octanol–water partition coefficient (Wildman–Crippen LogP) is 2.97. The van der Waals surface area contributed by atoms with Gasteiger partial charge in [-0.05, 0) is 62.9 Å². The molecule has 2 amide bonds. The molecule has 0 aromatic heterocycles. The molecule has 0 spiro atoms. The largest absolute Gasteiger partial charge is 0.454 e. The van der Waals surface area contributed by atoms with Crippen molar-refractivity contribution in [3.63, 3.8) is 0 Å². The van der Waals surface area contributed by atoms with E-state index in [1.54, 1.807) is 29.2 Å². The van der Waals surface area contributed by atoms with Crippen LogP contribution in [0.2, 0.25) is 0 Å². The number of nitrogens with zero attached hydrogens (tertiary/aromatic N) is 2. The van der Waals surface area contributed by atoms with Gasteiger partial charge in [0.15, 0.2) is 11.5 Å². The Balaban J connectivity index is 1.51. The van der Waals surface area contributed by atoms with E-state index in [1.807, 2.05) is 44.0 Å². The Morgan fingerprint density at radius 2 is 1.69 bits per heavy atom. The number of ether oxygens (including phenoxy) is 2. The van der Waals surface area contributed by atoms with E-state index in [0.717, 1.165) is 17.1 Å². The molecule has 0 saturated heterocycles. The standard InChI is InChI=1S/C22H27N3O4/c1-4-25(5-2)22(27)17-7-9-18(10-8-17)23-21(26)14-24(3)13-16-6-11-19-20(12-16)29-15-28-19/h6-12H,4-5,13-15H2,1-3H3,(H,23,26). The van der Waals surface area contributed by atoms with Crippen molar-refractivity contribution in [1.82, 2.24) is 9.80 Å². The van der Waals surface area contributed by atoms with E-state index in [1.165, 1.54) is 0 Å². The predicted molar refractivity (Wildman–Crippen MR) is 111 cm³/mol. The van der Waals surface area contributed by atoms with E-state index in [0.29, 0.717) is 30.9 Å². The lowest BCUT2D eigenvalue weighted by Crippen LogP contribution is -2.30. The van der Waals surface area contributed by atoms with Crippen molar-refractivity contribution in [3.8, 4) is 11.5 Å². The van der Waals surface area contributed by atoms with E-state index in [2.05, 4.69) is 5.32 Å². The maximum atomic E-state index is 12.3. The zero-order chi connectivity index (χ0) is 20.8. The van der Waals surface area contributed by atoms with Gasteiger partial charge in [-0.3, -0.25) is 14.5 Å². The fourth-order valence-corrected chi connectivity index (χ4v) is 3.24. The number of amides is 2. The van der Waals surface area contributed by atoms with E-state index in [9.17, 15) is 9.59 Å². The van der Waals surface area contributed by atoms with Crippen molar-refractivity contribution in [3.05, 3.63) is 53.6 Å². The Labute approximate surface area is 171 Å². The zero-order valence-corrected chi connectivity index (χ0v) is 17.1. The summed E-state index contributed by atoms with van der Waals surface area (Å²) in [5.74, 6) is 1.36. The maximum Gasteiger partial charge on any atom is 0.253 e. The third-order valence-electron chi connectivity index (χ3n) is 4.77. The first kappa shape index (κ1) is 20.7. The van der Waals surface area contributed by atoms with E-state index in [4.69, 9.17) is 9.47 Å². The van der Waals surface area contributed by atoms with Crippen molar-refractivity contribution in [2.24, 2.45) is 0 Å². The number of likely N-dealkylation sites (N-methyl/N-ethyl adjacent to an activating group) is 1. The van der Waals surface area contributed by atoms with Crippen molar-refractivity contribution in [2.45, 2.75) is 20.4 Å². The van der Waals surface area contributed by atoms with Crippen LogP contribution in [0.15, 0.2) is 42.5 Å². The highest BCUT2D eigenvalue weighted by molar-refractivity contribution is 5.96. The van der Waals surface area contributed by atoms with Crippen molar-refractivity contribution in [2.75, 3.05) is 38.8 Å². The van der Waals surface area contributed by atoms with Gasteiger partial charge in [0.05, 0.1) is 6.54 Å². The molecule has 0 unspecified atom stereocenters. The molecule has 154 valence electrons. The fraction of sp³-hybridized carbons (Fsp3) is 0.364. The number of carbonyl (C=O) groups excluding carboxylic acids is 2. The van der Waals surface area contributed by atoms with Crippen LogP contribution in [0, 0.1) is 0 Å². The van der Waals surface area contributed by atoms with Gasteiger partial charge in [0, 0.05) is 30.9 Å². The van der Waals surface area contributed by atoms with Crippen LogP contribution in [-0.4, -0.2) is 55.1 Å². The highest BCUT2D eigenvalue weighted by atomic mass is 16.7. The van der Waals surface area contributed by atoms with Crippen LogP contribution in [0.4, 0.5) is 5.69 Å². The Morgan fingerprint density at radius 1 is 1.00 bits per heavy atom. The molecule has 1 N–H and O–H groups in total. The molecule has 0 radical (unpaired) electrons. The summed E-state index contributed by atoms with van der Waals surface area (Å²) >= 11 is 0. The van der Waals surface area contributed by atoms with Gasteiger partial charge in [-0.1, -0.05) is 6.07 Å². The Bertz CT molecular complexity index is 863. The number of hydrogen-bond donors (Lipinski definition) is 1. The first-order valence-corrected chi connectivity index (χ1v) is 9.76. The van der Waals surface area contributed by atoms with Gasteiger partial charge in [0.2, 0.25) is 12.7 Å². The van der Waals surface area contributed by atoms with Crippen molar-refractivity contribution in [1.29, 1.82) is 0 Å². The Kier molecular flexibility index (Phi) is 6.72. The monoisotopic (exact) mass is 397 g/mol. The molecule has 29 heavy (non-hydrogen) atoms. The minimum Gasteiger partial charge on any atom is -0.454 e. The topological polar surface area (TPSA) is 71.1 Å². The lowest BCUT2D eigenvalue weighted by Gasteiger charge is -2.19. The van der Waals surface area contributed by atoms with Crippen LogP contribution in [0.5, 0.6) is 11.5 Å². The van der Waals surface area contributed by atoms with Crippen molar-refractivity contribution < 1.29 is 19.1 Å². The first-order chi connectivity index (χ1) is 14.0. The molecular formula is C22H27N3O4. The van der Waals surface area contributed by atoms with Crippen LogP contribution >= 0.6 is 0 Å². The number of fused-ring (bicyclic) bond motifs is 1. The molecule has 1 aliphatic rings. The van der Waals surface area contributed by atoms with E-state index >= 15 is 0 Å². The minimum absolute atomic E-state index is 0.00339. The van der Waals surface area contributed by atoms with E-state index in [-0.39, 0.29) is 25.2 Å². The summed E-state index contributed by atoms with van der Waals surface area (Å²) in [7, 11) is 1.88. The smallest absolute Gasteiger partial charge is 0.253 e. The molecule has 1 aliphatic heterocycles. The average molecular weight is 397 g/mol. The summed E-state index contributed by atoms with van der Waals surface area (Å²) in [6.07, 6.45) is 0. The summed E-state index contributed by atoms with van der Waals surface area (Å²) in [6, 6.07) is 12.8. The van der Waals surface area contributed by atoms with Gasteiger partial charge >= 0.3 is 0 Å². The van der Waals surface area contributed by atoms with E-state index < -0.39 is 0 Å². The zero-order valence-electron chi connectivity index (χ0n) is 17.1. The minimum atomic E-state index is -0.115. The van der Waals surface area contributed by atoms with Crippen LogP contribution in [0.1, 0.15) is 29.8 Å². The summed E-state index contributed by atoms with van der Waals surface area (Å²) in [6.45, 7) is 6.35. The third-order valence-corrected chi connectivity index (χ3v) is 4.77. The molecule has 0 aliphatic carbocycles. The quantitative estimate of drug-likeness (QED) is 0.742. The Morgan fingerprint density at radius 3 is 2.38 bits per heavy atom. The van der Waals surface area contributed by atoms with Gasteiger partial charge in [-0.15, -0.1) is 0 Å². The molecule has 0 bridgehead atoms. The second-order valence-corrected chi connectivity index (χ2v) is 6.96. The summed E-state index contributed by atoms with van der Waals surface area (Å²) in [4.78, 5) is 28.4. The maximum absolute atomic E-state index is 12.3. The molecule has 0 fully saturated rings. The number of benzene rings is 2. The van der Waals surface area contributed by atoms with Gasteiger partial charge < -0.3 is 19.7 Å². The molecule has 2 aromatic carbocycles. The van der Waals surface area contributed by atoms with Gasteiger partial charge in [0.1, 0.15) is 0 Å². The number of nitrogens with one attached hydrogen (secondary N) is 1. The van der Waals surface area contributed by atoms with Crippen LogP contribution in [-0.2, 0) is 11.3 Å². The molecule has 0 atom stereocenters. The average Bonchev–Trinajstić information content (AvgIpc) is 3.17. The summed E-state index contributed by atoms with van der Waals surface area (Å²) in [5.41, 5.74) is 2.33. The molecule has 7 nitrogen and oxygen atoms in total. The molecule has 1 heterocycles. The number of carbonyl (C=O) groups is 2. The lowest BCUT2D eigenvalue weighted by atomic mass is 10.1. The lowest BCUT2D eigenvalue weighted by molar-refractivity contribution is -0.117. The number of anilines is 1. The molecule has 3 rings (SSSR count). The highest BCUT2D eigenvalue weighted by Gasteiger charge is 2.15. The third kappa shape index (κ3) is 5.26. The van der Waals surface area contributed by atoms with Crippen LogP contribution in [0.3, 0.4) is 0 Å². The molecular weight excluding hydrogens is 370 g/mol. The number of hydrogen-bond acceptors (Lipinski definition) is 5. The summed E-state index contributed by atoms with van der Waals surface area (Å²) < 4.78 is 10.7. The molecule has 2 aromatic rings. The second kappa shape index (κ2) is 9.43. The Hall–Kier alpha value is -3.06. The second-order valence-electron chi connectivity index (χ2n) is 6.96. The number of rotatable bonds is 8. The van der Waals surface area contributed by atoms with Crippen molar-refractivity contribution >= 4 is 17.5 Å². The van der Waals surface area contributed by atoms with Crippen LogP contribution in [0.25, 0.3) is 0 Å². The molecule has 7 heteroatoms.